The number of nitrogens with zero attached hydrogens (tertiary/aromatic N) is 1. The van der Waals surface area contributed by atoms with Gasteiger partial charge in [0.15, 0.2) is 5.96 Å². The van der Waals surface area contributed by atoms with Gasteiger partial charge in [-0.25, -0.2) is 13.1 Å². The summed E-state index contributed by atoms with van der Waals surface area (Å²) in [6.07, 6.45) is 6.71. The fourth-order valence-corrected chi connectivity index (χ4v) is 3.99. The van der Waals surface area contributed by atoms with Crippen LogP contribution in [0.4, 0.5) is 0 Å². The van der Waals surface area contributed by atoms with E-state index in [0.29, 0.717) is 24.5 Å². The van der Waals surface area contributed by atoms with E-state index in [-0.39, 0.29) is 18.4 Å². The molecule has 0 aromatic rings. The van der Waals surface area contributed by atoms with Crippen LogP contribution in [-0.4, -0.2) is 57.0 Å². The maximum Gasteiger partial charge on any atom is 0.213 e. The fourth-order valence-electron chi connectivity index (χ4n) is 3.03. The number of aliphatic hydroxyl groups is 1. The lowest BCUT2D eigenvalue weighted by Gasteiger charge is -2.27. The number of hydrogen-bond donors (Lipinski definition) is 4. The molecule has 2 fully saturated rings. The minimum absolute atomic E-state index is 0.0136. The second kappa shape index (κ2) is 9.58. The molecular weight excluding hydrogens is 328 g/mol. The van der Waals surface area contributed by atoms with Gasteiger partial charge in [0.1, 0.15) is 0 Å². The van der Waals surface area contributed by atoms with E-state index in [1.807, 2.05) is 6.92 Å². The highest BCUT2D eigenvalue weighted by Crippen LogP contribution is 2.25. The molecule has 0 saturated heterocycles. The van der Waals surface area contributed by atoms with Crippen LogP contribution in [0.1, 0.15) is 51.9 Å². The molecular formula is C16H32N4O3S. The van der Waals surface area contributed by atoms with Crippen molar-refractivity contribution in [1.29, 1.82) is 0 Å². The van der Waals surface area contributed by atoms with Gasteiger partial charge < -0.3 is 15.7 Å². The maximum absolute atomic E-state index is 12.0. The molecule has 0 heterocycles. The maximum atomic E-state index is 12.0. The van der Waals surface area contributed by atoms with Gasteiger partial charge in [0, 0.05) is 19.1 Å². The number of guanidine groups is 1. The first-order chi connectivity index (χ1) is 11.5. The van der Waals surface area contributed by atoms with Gasteiger partial charge in [0.2, 0.25) is 10.0 Å². The molecule has 0 atom stereocenters. The monoisotopic (exact) mass is 360 g/mol. The van der Waals surface area contributed by atoms with Crippen molar-refractivity contribution >= 4 is 16.0 Å². The van der Waals surface area contributed by atoms with Gasteiger partial charge in [-0.1, -0.05) is 6.42 Å². The summed E-state index contributed by atoms with van der Waals surface area (Å²) in [4.78, 5) is 4.39. The van der Waals surface area contributed by atoms with E-state index in [1.165, 1.54) is 6.42 Å². The number of nitrogens with one attached hydrogen (secondary N) is 3. The summed E-state index contributed by atoms with van der Waals surface area (Å²) in [6, 6.07) is 0.291. The van der Waals surface area contributed by atoms with Gasteiger partial charge in [0.25, 0.3) is 0 Å². The molecule has 0 amide bonds. The molecule has 4 N–H and O–H groups in total. The highest BCUT2D eigenvalue weighted by atomic mass is 32.2. The zero-order chi connectivity index (χ0) is 17.4. The molecule has 0 aromatic heterocycles. The van der Waals surface area contributed by atoms with Gasteiger partial charge in [-0.3, -0.25) is 4.99 Å². The van der Waals surface area contributed by atoms with Crippen molar-refractivity contribution in [2.24, 2.45) is 10.9 Å². The zero-order valence-electron chi connectivity index (χ0n) is 14.6. The van der Waals surface area contributed by atoms with E-state index >= 15 is 0 Å². The highest BCUT2D eigenvalue weighted by Gasteiger charge is 2.21. The number of aliphatic imine (C=N–C) groups is 1. The van der Waals surface area contributed by atoms with E-state index in [9.17, 15) is 13.5 Å². The van der Waals surface area contributed by atoms with Crippen LogP contribution < -0.4 is 15.4 Å². The number of hydrogen-bond acceptors (Lipinski definition) is 4. The quantitative estimate of drug-likeness (QED) is 0.374. The average molecular weight is 361 g/mol. The minimum Gasteiger partial charge on any atom is -0.393 e. The SMILES string of the molecule is CCNC(=NCCS(=O)(=O)NCC1CCC1)NC1CCC(O)CC1. The number of sulfonamides is 1. The molecule has 2 aliphatic carbocycles. The van der Waals surface area contributed by atoms with Gasteiger partial charge in [-0.15, -0.1) is 0 Å². The molecule has 7 nitrogen and oxygen atoms in total. The van der Waals surface area contributed by atoms with Crippen molar-refractivity contribution in [3.63, 3.8) is 0 Å². The van der Waals surface area contributed by atoms with Crippen LogP contribution in [0.25, 0.3) is 0 Å². The molecule has 2 rings (SSSR count). The molecule has 140 valence electrons. The Kier molecular flexibility index (Phi) is 7.77. The van der Waals surface area contributed by atoms with Crippen molar-refractivity contribution in [3.05, 3.63) is 0 Å². The Hall–Kier alpha value is -0.860. The number of aliphatic hydroxyl groups excluding tert-OH is 1. The summed E-state index contributed by atoms with van der Waals surface area (Å²) in [7, 11) is -3.25. The third-order valence-corrected chi connectivity index (χ3v) is 6.15. The minimum atomic E-state index is -3.25. The smallest absolute Gasteiger partial charge is 0.213 e. The molecule has 8 heteroatoms. The van der Waals surface area contributed by atoms with Gasteiger partial charge in [-0.05, 0) is 51.4 Å². The third kappa shape index (κ3) is 6.94. The largest absolute Gasteiger partial charge is 0.393 e. The van der Waals surface area contributed by atoms with Crippen LogP contribution in [0.3, 0.4) is 0 Å². The first-order valence-electron chi connectivity index (χ1n) is 9.18. The van der Waals surface area contributed by atoms with Crippen LogP contribution in [0.5, 0.6) is 0 Å². The molecule has 0 aromatic carbocycles. The van der Waals surface area contributed by atoms with E-state index in [2.05, 4.69) is 20.3 Å². The van der Waals surface area contributed by atoms with Gasteiger partial charge >= 0.3 is 0 Å². The van der Waals surface area contributed by atoms with Crippen LogP contribution in [0.2, 0.25) is 0 Å². The lowest BCUT2D eigenvalue weighted by Crippen LogP contribution is -2.45. The Bertz CT molecular complexity index is 497. The van der Waals surface area contributed by atoms with Gasteiger partial charge in [-0.2, -0.15) is 0 Å². The Morgan fingerprint density at radius 3 is 2.46 bits per heavy atom. The second-order valence-electron chi connectivity index (χ2n) is 6.87. The predicted octanol–water partition coefficient (Wildman–Crippen LogP) is 0.565. The molecule has 0 radical (unpaired) electrons. The van der Waals surface area contributed by atoms with Crippen LogP contribution in [0.15, 0.2) is 4.99 Å². The molecule has 2 aliphatic rings. The normalized spacial score (nSPS) is 26.0. The van der Waals surface area contributed by atoms with Gasteiger partial charge in [0.05, 0.1) is 18.4 Å². The van der Waals surface area contributed by atoms with E-state index in [0.717, 1.165) is 45.1 Å². The zero-order valence-corrected chi connectivity index (χ0v) is 15.4. The molecule has 0 unspecified atom stereocenters. The summed E-state index contributed by atoms with van der Waals surface area (Å²) in [6.45, 7) is 3.52. The predicted molar refractivity (Wildman–Crippen MR) is 96.5 cm³/mol. The first kappa shape index (κ1) is 19.5. The highest BCUT2D eigenvalue weighted by molar-refractivity contribution is 7.89. The summed E-state index contributed by atoms with van der Waals surface area (Å²) in [5, 5.41) is 16.1. The van der Waals surface area contributed by atoms with Crippen molar-refractivity contribution in [2.75, 3.05) is 25.4 Å². The Morgan fingerprint density at radius 2 is 1.88 bits per heavy atom. The summed E-state index contributed by atoms with van der Waals surface area (Å²) in [5.41, 5.74) is 0. The molecule has 2 saturated carbocycles. The first-order valence-corrected chi connectivity index (χ1v) is 10.8. The fraction of sp³-hybridized carbons (Fsp3) is 0.938. The Labute approximate surface area is 145 Å². The molecule has 24 heavy (non-hydrogen) atoms. The lowest BCUT2D eigenvalue weighted by molar-refractivity contribution is 0.120. The average Bonchev–Trinajstić information content (AvgIpc) is 2.48. The van der Waals surface area contributed by atoms with E-state index in [1.54, 1.807) is 0 Å². The van der Waals surface area contributed by atoms with E-state index < -0.39 is 10.0 Å². The molecule has 0 bridgehead atoms. The third-order valence-electron chi connectivity index (χ3n) is 4.83. The van der Waals surface area contributed by atoms with Crippen molar-refractivity contribution in [1.82, 2.24) is 15.4 Å². The second-order valence-corrected chi connectivity index (χ2v) is 8.80. The van der Waals surface area contributed by atoms with Crippen LogP contribution >= 0.6 is 0 Å². The summed E-state index contributed by atoms with van der Waals surface area (Å²) < 4.78 is 26.7. The lowest BCUT2D eigenvalue weighted by atomic mass is 9.86. The molecule has 0 aliphatic heterocycles. The summed E-state index contributed by atoms with van der Waals surface area (Å²) in [5.74, 6) is 1.19. The summed E-state index contributed by atoms with van der Waals surface area (Å²) >= 11 is 0. The standard InChI is InChI=1S/C16H32N4O3S/c1-2-17-16(20-14-6-8-15(21)9-7-14)18-10-11-24(22,23)19-12-13-4-3-5-13/h13-15,19,21H,2-12H2,1H3,(H2,17,18,20). The van der Waals surface area contributed by atoms with Crippen LogP contribution in [-0.2, 0) is 10.0 Å². The Balaban J connectivity index is 1.74. The topological polar surface area (TPSA) is 103 Å². The van der Waals surface area contributed by atoms with E-state index in [4.69, 9.17) is 0 Å². The van der Waals surface area contributed by atoms with Crippen molar-refractivity contribution < 1.29 is 13.5 Å². The van der Waals surface area contributed by atoms with Crippen molar-refractivity contribution in [3.8, 4) is 0 Å². The van der Waals surface area contributed by atoms with Crippen LogP contribution in [0, 0.1) is 5.92 Å². The molecule has 0 spiro atoms. The number of rotatable bonds is 8. The Morgan fingerprint density at radius 1 is 1.17 bits per heavy atom. The van der Waals surface area contributed by atoms with Crippen molar-refractivity contribution in [2.45, 2.75) is 64.0 Å².